The summed E-state index contributed by atoms with van der Waals surface area (Å²) in [5, 5.41) is 11.0. The van der Waals surface area contributed by atoms with Crippen LogP contribution in [0.15, 0.2) is 30.3 Å². The van der Waals surface area contributed by atoms with Crippen molar-refractivity contribution in [1.29, 1.82) is 0 Å². The predicted molar refractivity (Wildman–Crippen MR) is 73.9 cm³/mol. The Labute approximate surface area is 118 Å². The second kappa shape index (κ2) is 6.18. The van der Waals surface area contributed by atoms with Crippen LogP contribution in [0.4, 0.5) is 0 Å². The fraction of sp³-hybridized carbons (Fsp3) is 0.500. The van der Waals surface area contributed by atoms with Crippen molar-refractivity contribution in [3.05, 3.63) is 35.9 Å². The largest absolute Gasteiger partial charge is 0.464 e. The van der Waals surface area contributed by atoms with Gasteiger partial charge in [0.25, 0.3) is 0 Å². The summed E-state index contributed by atoms with van der Waals surface area (Å²) in [5.41, 5.74) is -1.44. The van der Waals surface area contributed by atoms with Gasteiger partial charge in [0.05, 0.1) is 12.5 Å². The average molecular weight is 276 g/mol. The van der Waals surface area contributed by atoms with Gasteiger partial charge in [-0.15, -0.1) is 0 Å². The summed E-state index contributed by atoms with van der Waals surface area (Å²) in [5.74, 6) is -1.50. The van der Waals surface area contributed by atoms with Gasteiger partial charge in [-0.3, -0.25) is 4.79 Å². The molecule has 0 radical (unpaired) electrons. The third-order valence-corrected chi connectivity index (χ3v) is 3.86. The van der Waals surface area contributed by atoms with Crippen molar-refractivity contribution in [2.45, 2.75) is 38.2 Å². The van der Waals surface area contributed by atoms with Crippen molar-refractivity contribution in [2.24, 2.45) is 5.92 Å². The maximum absolute atomic E-state index is 12.3. The van der Waals surface area contributed by atoms with E-state index >= 15 is 0 Å². The molecule has 4 nitrogen and oxygen atoms in total. The molecular formula is C16H20O4. The van der Waals surface area contributed by atoms with Gasteiger partial charge in [0.2, 0.25) is 0 Å². The number of benzene rings is 1. The number of ketones is 1. The molecule has 0 heterocycles. The van der Waals surface area contributed by atoms with Crippen LogP contribution in [0.2, 0.25) is 0 Å². The molecule has 0 spiro atoms. The van der Waals surface area contributed by atoms with Crippen molar-refractivity contribution in [3.8, 4) is 0 Å². The Hall–Kier alpha value is -1.68. The number of ether oxygens (including phenoxy) is 1. The van der Waals surface area contributed by atoms with Crippen molar-refractivity contribution < 1.29 is 19.4 Å². The minimum Gasteiger partial charge on any atom is -0.464 e. The van der Waals surface area contributed by atoms with E-state index in [1.807, 2.05) is 0 Å². The Morgan fingerprint density at radius 2 is 2.05 bits per heavy atom. The Bertz CT molecular complexity index is 483. The summed E-state index contributed by atoms with van der Waals surface area (Å²) in [4.78, 5) is 24.4. The minimum atomic E-state index is -1.87. The van der Waals surface area contributed by atoms with E-state index < -0.39 is 17.5 Å². The molecule has 1 N–H and O–H groups in total. The van der Waals surface area contributed by atoms with Gasteiger partial charge >= 0.3 is 5.97 Å². The Balaban J connectivity index is 2.43. The molecule has 1 aliphatic carbocycles. The molecule has 1 aromatic rings. The number of esters is 1. The topological polar surface area (TPSA) is 63.6 Å². The number of rotatable bonds is 4. The molecule has 20 heavy (non-hydrogen) atoms. The normalized spacial score (nSPS) is 22.1. The number of aliphatic hydroxyl groups is 1. The van der Waals surface area contributed by atoms with Crippen molar-refractivity contribution >= 4 is 11.8 Å². The van der Waals surface area contributed by atoms with Crippen LogP contribution < -0.4 is 0 Å². The summed E-state index contributed by atoms with van der Waals surface area (Å²) in [7, 11) is 0. The summed E-state index contributed by atoms with van der Waals surface area (Å²) >= 11 is 0. The standard InChI is InChI=1S/C16H20O4/c1-2-20-15(18)16(19,12-8-4-3-5-9-12)13-10-6-7-11-14(13)17/h3-5,8-9,13,19H,2,6-7,10-11H2,1H3/t13-,16+/m1/s1. The SMILES string of the molecule is CCOC(=O)[C@](O)(c1ccccc1)[C@@H]1CCCCC1=O. The molecule has 2 rings (SSSR count). The fourth-order valence-electron chi connectivity index (χ4n) is 2.82. The zero-order valence-corrected chi connectivity index (χ0v) is 11.7. The van der Waals surface area contributed by atoms with Crippen LogP contribution in [-0.4, -0.2) is 23.5 Å². The molecule has 108 valence electrons. The van der Waals surface area contributed by atoms with E-state index in [0.29, 0.717) is 18.4 Å². The number of carbonyl (C=O) groups is 2. The summed E-state index contributed by atoms with van der Waals surface area (Å²) < 4.78 is 5.02. The van der Waals surface area contributed by atoms with E-state index in [1.54, 1.807) is 37.3 Å². The summed E-state index contributed by atoms with van der Waals surface area (Å²) in [6.45, 7) is 1.86. The molecule has 1 aromatic carbocycles. The lowest BCUT2D eigenvalue weighted by Gasteiger charge is -2.35. The second-order valence-electron chi connectivity index (χ2n) is 5.12. The van der Waals surface area contributed by atoms with Crippen LogP contribution in [0, 0.1) is 5.92 Å². The molecule has 1 fully saturated rings. The maximum Gasteiger partial charge on any atom is 0.343 e. The average Bonchev–Trinajstić information content (AvgIpc) is 2.48. The minimum absolute atomic E-state index is 0.0596. The predicted octanol–water partition coefficient (Wildman–Crippen LogP) is 2.20. The summed E-state index contributed by atoms with van der Waals surface area (Å²) in [6, 6.07) is 8.62. The number of Topliss-reactive ketones (excluding diaryl/α,β-unsaturated/α-hetero) is 1. The maximum atomic E-state index is 12.3. The zero-order chi connectivity index (χ0) is 14.6. The lowest BCUT2D eigenvalue weighted by atomic mass is 9.72. The first-order chi connectivity index (χ1) is 9.60. The van der Waals surface area contributed by atoms with E-state index in [2.05, 4.69) is 0 Å². The number of hydrogen-bond acceptors (Lipinski definition) is 4. The fourth-order valence-corrected chi connectivity index (χ4v) is 2.82. The summed E-state index contributed by atoms with van der Waals surface area (Å²) in [6.07, 6.45) is 2.59. The molecule has 0 amide bonds. The zero-order valence-electron chi connectivity index (χ0n) is 11.7. The van der Waals surface area contributed by atoms with Gasteiger partial charge in [-0.25, -0.2) is 4.79 Å². The second-order valence-corrected chi connectivity index (χ2v) is 5.12. The number of hydrogen-bond donors (Lipinski definition) is 1. The van der Waals surface area contributed by atoms with Crippen molar-refractivity contribution in [2.75, 3.05) is 6.61 Å². The lowest BCUT2D eigenvalue weighted by molar-refractivity contribution is -0.177. The smallest absolute Gasteiger partial charge is 0.343 e. The quantitative estimate of drug-likeness (QED) is 0.856. The van der Waals surface area contributed by atoms with E-state index in [-0.39, 0.29) is 12.4 Å². The highest BCUT2D eigenvalue weighted by molar-refractivity contribution is 5.92. The van der Waals surface area contributed by atoms with E-state index in [0.717, 1.165) is 12.8 Å². The van der Waals surface area contributed by atoms with Crippen LogP contribution in [0.5, 0.6) is 0 Å². The van der Waals surface area contributed by atoms with Gasteiger partial charge in [0.1, 0.15) is 5.78 Å². The lowest BCUT2D eigenvalue weighted by Crippen LogP contribution is -2.48. The third kappa shape index (κ3) is 2.61. The van der Waals surface area contributed by atoms with Gasteiger partial charge in [-0.05, 0) is 25.3 Å². The molecule has 1 aliphatic rings. The first-order valence-corrected chi connectivity index (χ1v) is 7.08. The third-order valence-electron chi connectivity index (χ3n) is 3.86. The van der Waals surface area contributed by atoms with Crippen LogP contribution in [0.3, 0.4) is 0 Å². The monoisotopic (exact) mass is 276 g/mol. The first-order valence-electron chi connectivity index (χ1n) is 7.08. The highest BCUT2D eigenvalue weighted by Gasteiger charge is 2.50. The van der Waals surface area contributed by atoms with E-state index in [4.69, 9.17) is 4.74 Å². The molecule has 4 heteroatoms. The first kappa shape index (κ1) is 14.7. The van der Waals surface area contributed by atoms with Gasteiger partial charge in [0, 0.05) is 6.42 Å². The van der Waals surface area contributed by atoms with E-state index in [9.17, 15) is 14.7 Å². The van der Waals surface area contributed by atoms with Gasteiger partial charge in [-0.1, -0.05) is 36.8 Å². The van der Waals surface area contributed by atoms with Crippen LogP contribution in [-0.2, 0) is 19.9 Å². The van der Waals surface area contributed by atoms with E-state index in [1.165, 1.54) is 0 Å². The highest BCUT2D eigenvalue weighted by Crippen LogP contribution is 2.38. The Kier molecular flexibility index (Phi) is 4.55. The van der Waals surface area contributed by atoms with Gasteiger partial charge in [0.15, 0.2) is 5.60 Å². The molecular weight excluding hydrogens is 256 g/mol. The molecule has 0 aliphatic heterocycles. The number of carbonyl (C=O) groups excluding carboxylic acids is 2. The molecule has 0 aromatic heterocycles. The van der Waals surface area contributed by atoms with Crippen molar-refractivity contribution in [3.63, 3.8) is 0 Å². The Morgan fingerprint density at radius 3 is 2.65 bits per heavy atom. The molecule has 2 atom stereocenters. The highest BCUT2D eigenvalue weighted by atomic mass is 16.5. The van der Waals surface area contributed by atoms with Crippen molar-refractivity contribution in [1.82, 2.24) is 0 Å². The molecule has 0 bridgehead atoms. The molecule has 0 saturated heterocycles. The van der Waals surface area contributed by atoms with Gasteiger partial charge in [-0.2, -0.15) is 0 Å². The van der Waals surface area contributed by atoms with Crippen LogP contribution >= 0.6 is 0 Å². The Morgan fingerprint density at radius 1 is 1.35 bits per heavy atom. The molecule has 0 unspecified atom stereocenters. The van der Waals surface area contributed by atoms with Crippen LogP contribution in [0.1, 0.15) is 38.2 Å². The van der Waals surface area contributed by atoms with Gasteiger partial charge < -0.3 is 9.84 Å². The van der Waals surface area contributed by atoms with Crippen LogP contribution in [0.25, 0.3) is 0 Å². The molecule has 1 saturated carbocycles.